The standard InChI is InChI=1S/C7H10ClN/c1-7(8)5-3-4-6-9-2/h3-6,9H,1H2,2H3/b5-3-,6-4-. The fraction of sp³-hybridized carbons (Fsp3) is 0.143. The van der Waals surface area contributed by atoms with Gasteiger partial charge in [0.2, 0.25) is 0 Å². The van der Waals surface area contributed by atoms with Crippen molar-refractivity contribution in [2.24, 2.45) is 0 Å². The van der Waals surface area contributed by atoms with Crippen molar-refractivity contribution in [3.63, 3.8) is 0 Å². The largest absolute Gasteiger partial charge is 0.394 e. The predicted octanol–water partition coefficient (Wildman–Crippen LogP) is 2.03. The van der Waals surface area contributed by atoms with Crippen LogP contribution in [0.25, 0.3) is 0 Å². The Morgan fingerprint density at radius 2 is 2.22 bits per heavy atom. The van der Waals surface area contributed by atoms with E-state index in [9.17, 15) is 0 Å². The van der Waals surface area contributed by atoms with Crippen LogP contribution in [0, 0.1) is 0 Å². The van der Waals surface area contributed by atoms with E-state index in [2.05, 4.69) is 11.9 Å². The summed E-state index contributed by atoms with van der Waals surface area (Å²) in [4.78, 5) is 0. The Morgan fingerprint density at radius 1 is 1.56 bits per heavy atom. The molecule has 0 aliphatic rings. The van der Waals surface area contributed by atoms with Gasteiger partial charge in [0.1, 0.15) is 0 Å². The zero-order valence-electron chi connectivity index (χ0n) is 5.39. The van der Waals surface area contributed by atoms with Crippen LogP contribution in [-0.2, 0) is 0 Å². The molecule has 0 unspecified atom stereocenters. The summed E-state index contributed by atoms with van der Waals surface area (Å²) < 4.78 is 0. The van der Waals surface area contributed by atoms with E-state index >= 15 is 0 Å². The molecule has 0 aliphatic heterocycles. The lowest BCUT2D eigenvalue weighted by molar-refractivity contribution is 1.10. The highest BCUT2D eigenvalue weighted by molar-refractivity contribution is 6.30. The van der Waals surface area contributed by atoms with Crippen molar-refractivity contribution in [1.82, 2.24) is 5.32 Å². The zero-order valence-corrected chi connectivity index (χ0v) is 6.15. The smallest absolute Gasteiger partial charge is 0.0334 e. The Morgan fingerprint density at radius 3 is 2.67 bits per heavy atom. The first kappa shape index (κ1) is 8.31. The summed E-state index contributed by atoms with van der Waals surface area (Å²) in [7, 11) is 1.83. The van der Waals surface area contributed by atoms with Crippen LogP contribution in [0.3, 0.4) is 0 Å². The number of hydrogen-bond donors (Lipinski definition) is 1. The van der Waals surface area contributed by atoms with Gasteiger partial charge in [-0.15, -0.1) is 0 Å². The van der Waals surface area contributed by atoms with Crippen molar-refractivity contribution < 1.29 is 0 Å². The highest BCUT2D eigenvalue weighted by Crippen LogP contribution is 1.96. The van der Waals surface area contributed by atoms with Crippen LogP contribution in [0.15, 0.2) is 36.0 Å². The average Bonchev–Trinajstić information content (AvgIpc) is 1.80. The van der Waals surface area contributed by atoms with Crippen LogP contribution >= 0.6 is 11.6 Å². The number of nitrogens with one attached hydrogen (secondary N) is 1. The first-order chi connectivity index (χ1) is 4.27. The Balaban J connectivity index is 3.47. The molecule has 0 saturated heterocycles. The quantitative estimate of drug-likeness (QED) is 0.597. The third-order valence-corrected chi connectivity index (χ3v) is 0.777. The molecule has 50 valence electrons. The van der Waals surface area contributed by atoms with Gasteiger partial charge in [-0.3, -0.25) is 0 Å². The van der Waals surface area contributed by atoms with Crippen molar-refractivity contribution in [1.29, 1.82) is 0 Å². The van der Waals surface area contributed by atoms with E-state index < -0.39 is 0 Å². The van der Waals surface area contributed by atoms with Crippen LogP contribution in [0.1, 0.15) is 0 Å². The first-order valence-corrected chi connectivity index (χ1v) is 3.00. The van der Waals surface area contributed by atoms with Crippen LogP contribution in [0.4, 0.5) is 0 Å². The second-order valence-corrected chi connectivity index (χ2v) is 1.94. The van der Waals surface area contributed by atoms with Gasteiger partial charge in [-0.1, -0.05) is 24.3 Å². The predicted molar refractivity (Wildman–Crippen MR) is 42.3 cm³/mol. The minimum Gasteiger partial charge on any atom is -0.394 e. The summed E-state index contributed by atoms with van der Waals surface area (Å²) in [6, 6.07) is 0. The van der Waals surface area contributed by atoms with E-state index in [-0.39, 0.29) is 0 Å². The van der Waals surface area contributed by atoms with Gasteiger partial charge in [-0.25, -0.2) is 0 Å². The summed E-state index contributed by atoms with van der Waals surface area (Å²) in [6.45, 7) is 3.48. The number of halogens is 1. The maximum Gasteiger partial charge on any atom is 0.0334 e. The van der Waals surface area contributed by atoms with Gasteiger partial charge in [-0.2, -0.15) is 0 Å². The molecule has 9 heavy (non-hydrogen) atoms. The molecule has 0 aromatic rings. The number of rotatable bonds is 3. The minimum absolute atomic E-state index is 0.538. The van der Waals surface area contributed by atoms with Crippen molar-refractivity contribution in [2.75, 3.05) is 7.05 Å². The van der Waals surface area contributed by atoms with E-state index in [1.165, 1.54) is 0 Å². The lowest BCUT2D eigenvalue weighted by Crippen LogP contribution is -1.89. The van der Waals surface area contributed by atoms with Gasteiger partial charge in [0, 0.05) is 12.1 Å². The van der Waals surface area contributed by atoms with Gasteiger partial charge in [0.25, 0.3) is 0 Å². The summed E-state index contributed by atoms with van der Waals surface area (Å²) in [5, 5.41) is 3.37. The molecule has 2 heteroatoms. The summed E-state index contributed by atoms with van der Waals surface area (Å²) in [5.41, 5.74) is 0. The zero-order chi connectivity index (χ0) is 7.11. The molecule has 0 amide bonds. The maximum absolute atomic E-state index is 5.42. The minimum atomic E-state index is 0.538. The molecule has 0 heterocycles. The molecule has 0 saturated carbocycles. The maximum atomic E-state index is 5.42. The Labute approximate surface area is 60.7 Å². The number of hydrogen-bond acceptors (Lipinski definition) is 1. The van der Waals surface area contributed by atoms with E-state index in [0.717, 1.165) is 0 Å². The second kappa shape index (κ2) is 5.45. The molecule has 0 aromatic heterocycles. The van der Waals surface area contributed by atoms with Gasteiger partial charge in [0.15, 0.2) is 0 Å². The monoisotopic (exact) mass is 143 g/mol. The SMILES string of the molecule is C=C(Cl)/C=C\C=C/NC. The molecule has 0 aromatic carbocycles. The molecule has 0 rings (SSSR count). The third kappa shape index (κ3) is 7.31. The van der Waals surface area contributed by atoms with E-state index in [1.807, 2.05) is 19.2 Å². The van der Waals surface area contributed by atoms with E-state index in [4.69, 9.17) is 11.6 Å². The van der Waals surface area contributed by atoms with Gasteiger partial charge < -0.3 is 5.32 Å². The molecule has 0 fully saturated rings. The van der Waals surface area contributed by atoms with Crippen molar-refractivity contribution in [3.8, 4) is 0 Å². The van der Waals surface area contributed by atoms with Crippen LogP contribution < -0.4 is 5.32 Å². The molecule has 0 aliphatic carbocycles. The van der Waals surface area contributed by atoms with Gasteiger partial charge >= 0.3 is 0 Å². The van der Waals surface area contributed by atoms with Crippen LogP contribution in [0.2, 0.25) is 0 Å². The Bertz CT molecular complexity index is 136. The Hall–Kier alpha value is -0.690. The summed E-state index contributed by atoms with van der Waals surface area (Å²) in [5.74, 6) is 0. The Kier molecular flexibility index (Phi) is 5.03. The highest BCUT2D eigenvalue weighted by atomic mass is 35.5. The fourth-order valence-electron chi connectivity index (χ4n) is 0.312. The lowest BCUT2D eigenvalue weighted by Gasteiger charge is -1.80. The average molecular weight is 144 g/mol. The van der Waals surface area contributed by atoms with Crippen molar-refractivity contribution >= 4 is 11.6 Å². The van der Waals surface area contributed by atoms with E-state index in [1.54, 1.807) is 12.3 Å². The molecule has 0 atom stereocenters. The normalized spacial score (nSPS) is 10.9. The van der Waals surface area contributed by atoms with Crippen molar-refractivity contribution in [2.45, 2.75) is 0 Å². The topological polar surface area (TPSA) is 12.0 Å². The second-order valence-electron chi connectivity index (χ2n) is 1.45. The third-order valence-electron chi connectivity index (χ3n) is 0.651. The lowest BCUT2D eigenvalue weighted by atomic mass is 10.5. The number of allylic oxidation sites excluding steroid dienone is 4. The summed E-state index contributed by atoms with van der Waals surface area (Å²) in [6.07, 6.45) is 7.17. The molecular weight excluding hydrogens is 134 g/mol. The molecule has 0 bridgehead atoms. The molecular formula is C7H10ClN. The molecule has 1 nitrogen and oxygen atoms in total. The summed E-state index contributed by atoms with van der Waals surface area (Å²) >= 11 is 5.42. The van der Waals surface area contributed by atoms with E-state index in [0.29, 0.717) is 5.03 Å². The molecule has 1 N–H and O–H groups in total. The highest BCUT2D eigenvalue weighted by Gasteiger charge is 1.70. The first-order valence-electron chi connectivity index (χ1n) is 2.62. The molecule has 0 spiro atoms. The fourth-order valence-corrected chi connectivity index (χ4v) is 0.384. The van der Waals surface area contributed by atoms with Gasteiger partial charge in [0.05, 0.1) is 0 Å². The molecule has 0 radical (unpaired) electrons. The van der Waals surface area contributed by atoms with Crippen LogP contribution in [-0.4, -0.2) is 7.05 Å². The van der Waals surface area contributed by atoms with Crippen molar-refractivity contribution in [3.05, 3.63) is 36.0 Å². The van der Waals surface area contributed by atoms with Crippen LogP contribution in [0.5, 0.6) is 0 Å². The van der Waals surface area contributed by atoms with Gasteiger partial charge in [-0.05, 0) is 18.4 Å².